The summed E-state index contributed by atoms with van der Waals surface area (Å²) < 4.78 is 0. The highest BCUT2D eigenvalue weighted by Crippen LogP contribution is 2.29. The van der Waals surface area contributed by atoms with E-state index in [1.165, 1.54) is 0 Å². The van der Waals surface area contributed by atoms with Crippen LogP contribution in [0.25, 0.3) is 0 Å². The predicted octanol–water partition coefficient (Wildman–Crippen LogP) is 3.82. The molecule has 0 radical (unpaired) electrons. The zero-order valence-electron chi connectivity index (χ0n) is 7.69. The molecule has 1 aromatic carbocycles. The summed E-state index contributed by atoms with van der Waals surface area (Å²) in [5, 5.41) is 4.30. The predicted molar refractivity (Wildman–Crippen MR) is 63.0 cm³/mol. The molecule has 0 heterocycles. The van der Waals surface area contributed by atoms with Crippen LogP contribution >= 0.6 is 23.2 Å². The fourth-order valence-corrected chi connectivity index (χ4v) is 1.42. The van der Waals surface area contributed by atoms with Gasteiger partial charge >= 0.3 is 0 Å². The van der Waals surface area contributed by atoms with Crippen molar-refractivity contribution in [3.63, 3.8) is 0 Å². The number of unbranched alkanes of at least 4 members (excludes halogenated alkanes) is 1. The largest absolute Gasteiger partial charge is 0.384 e. The number of nitrogens with one attached hydrogen (secondary N) is 1. The Morgan fingerprint density at radius 1 is 1.36 bits per heavy atom. The van der Waals surface area contributed by atoms with Crippen LogP contribution in [0.4, 0.5) is 5.69 Å². The molecule has 0 aliphatic heterocycles. The number of terminal acetylenes is 1. The summed E-state index contributed by atoms with van der Waals surface area (Å²) in [5.41, 5.74) is 0.858. The first-order valence-electron chi connectivity index (χ1n) is 4.37. The standard InChI is InChI=1S/C11H11Cl2N/c1-2-3-4-8-14-10-7-5-6-9(12)11(10)13/h1,5-7,14H,3-4,8H2. The molecule has 14 heavy (non-hydrogen) atoms. The van der Waals surface area contributed by atoms with Crippen molar-refractivity contribution in [2.75, 3.05) is 11.9 Å². The fraction of sp³-hybridized carbons (Fsp3) is 0.273. The van der Waals surface area contributed by atoms with Crippen molar-refractivity contribution < 1.29 is 0 Å². The van der Waals surface area contributed by atoms with Crippen LogP contribution < -0.4 is 5.32 Å². The summed E-state index contributed by atoms with van der Waals surface area (Å²) in [6.07, 6.45) is 6.84. The van der Waals surface area contributed by atoms with Gasteiger partial charge in [-0.25, -0.2) is 0 Å². The van der Waals surface area contributed by atoms with Crippen LogP contribution in [0.2, 0.25) is 10.0 Å². The molecule has 0 unspecified atom stereocenters. The van der Waals surface area contributed by atoms with Crippen LogP contribution in [0, 0.1) is 12.3 Å². The Hall–Kier alpha value is -0.840. The molecule has 1 nitrogen and oxygen atoms in total. The molecule has 0 aromatic heterocycles. The number of hydrogen-bond acceptors (Lipinski definition) is 1. The van der Waals surface area contributed by atoms with Crippen LogP contribution in [0.15, 0.2) is 18.2 Å². The van der Waals surface area contributed by atoms with Crippen LogP contribution in [0.3, 0.4) is 0 Å². The van der Waals surface area contributed by atoms with Gasteiger partial charge in [0.1, 0.15) is 0 Å². The molecule has 0 fully saturated rings. The number of halogens is 2. The Morgan fingerprint density at radius 3 is 2.86 bits per heavy atom. The summed E-state index contributed by atoms with van der Waals surface area (Å²) >= 11 is 11.8. The molecule has 0 saturated heterocycles. The molecular formula is C11H11Cl2N. The van der Waals surface area contributed by atoms with Gasteiger partial charge in [-0.15, -0.1) is 12.3 Å². The van der Waals surface area contributed by atoms with Gasteiger partial charge in [0.25, 0.3) is 0 Å². The van der Waals surface area contributed by atoms with E-state index in [-0.39, 0.29) is 0 Å². The van der Waals surface area contributed by atoms with E-state index in [4.69, 9.17) is 29.6 Å². The third kappa shape index (κ3) is 3.14. The first kappa shape index (κ1) is 11.2. The summed E-state index contributed by atoms with van der Waals surface area (Å²) in [6, 6.07) is 5.51. The monoisotopic (exact) mass is 227 g/mol. The smallest absolute Gasteiger partial charge is 0.0823 e. The second-order valence-electron chi connectivity index (χ2n) is 2.84. The van der Waals surface area contributed by atoms with Crippen LogP contribution in [0.1, 0.15) is 12.8 Å². The number of rotatable bonds is 4. The van der Waals surface area contributed by atoms with Gasteiger partial charge in [-0.3, -0.25) is 0 Å². The van der Waals surface area contributed by atoms with Gasteiger partial charge in [-0.05, 0) is 18.6 Å². The third-order valence-electron chi connectivity index (χ3n) is 1.76. The second kappa shape index (κ2) is 5.80. The lowest BCUT2D eigenvalue weighted by molar-refractivity contribution is 0.907. The molecule has 1 aromatic rings. The summed E-state index contributed by atoms with van der Waals surface area (Å²) in [7, 11) is 0. The molecule has 0 aliphatic carbocycles. The van der Waals surface area contributed by atoms with Crippen molar-refractivity contribution in [1.82, 2.24) is 0 Å². The molecular weight excluding hydrogens is 217 g/mol. The topological polar surface area (TPSA) is 12.0 Å². The first-order valence-corrected chi connectivity index (χ1v) is 5.12. The zero-order valence-corrected chi connectivity index (χ0v) is 9.20. The highest BCUT2D eigenvalue weighted by atomic mass is 35.5. The maximum atomic E-state index is 5.97. The zero-order chi connectivity index (χ0) is 10.4. The molecule has 0 spiro atoms. The second-order valence-corrected chi connectivity index (χ2v) is 3.62. The van der Waals surface area contributed by atoms with Crippen LogP contribution in [-0.2, 0) is 0 Å². The molecule has 1 N–H and O–H groups in total. The average Bonchev–Trinajstić information content (AvgIpc) is 2.19. The fourth-order valence-electron chi connectivity index (χ4n) is 1.05. The molecule has 3 heteroatoms. The summed E-state index contributed by atoms with van der Waals surface area (Å²) in [5.74, 6) is 2.58. The average molecular weight is 228 g/mol. The van der Waals surface area contributed by atoms with E-state index in [9.17, 15) is 0 Å². The highest BCUT2D eigenvalue weighted by molar-refractivity contribution is 6.43. The van der Waals surface area contributed by atoms with Gasteiger partial charge in [-0.1, -0.05) is 29.3 Å². The number of hydrogen-bond donors (Lipinski definition) is 1. The summed E-state index contributed by atoms with van der Waals surface area (Å²) in [6.45, 7) is 0.810. The number of anilines is 1. The lowest BCUT2D eigenvalue weighted by Gasteiger charge is -2.07. The van der Waals surface area contributed by atoms with Crippen molar-refractivity contribution >= 4 is 28.9 Å². The molecule has 1 rings (SSSR count). The van der Waals surface area contributed by atoms with Gasteiger partial charge in [0, 0.05) is 13.0 Å². The van der Waals surface area contributed by atoms with E-state index >= 15 is 0 Å². The quantitative estimate of drug-likeness (QED) is 0.610. The van der Waals surface area contributed by atoms with E-state index in [1.54, 1.807) is 6.07 Å². The van der Waals surface area contributed by atoms with Gasteiger partial charge in [-0.2, -0.15) is 0 Å². The molecule has 0 bridgehead atoms. The van der Waals surface area contributed by atoms with Gasteiger partial charge in [0.05, 0.1) is 15.7 Å². The minimum Gasteiger partial charge on any atom is -0.384 e. The maximum Gasteiger partial charge on any atom is 0.0823 e. The lowest BCUT2D eigenvalue weighted by atomic mass is 10.3. The molecule has 0 saturated carbocycles. The minimum atomic E-state index is 0.564. The minimum absolute atomic E-state index is 0.564. The lowest BCUT2D eigenvalue weighted by Crippen LogP contribution is -2.01. The Balaban J connectivity index is 2.51. The highest BCUT2D eigenvalue weighted by Gasteiger charge is 2.02. The van der Waals surface area contributed by atoms with Crippen molar-refractivity contribution in [1.29, 1.82) is 0 Å². The van der Waals surface area contributed by atoms with E-state index < -0.39 is 0 Å². The van der Waals surface area contributed by atoms with E-state index in [2.05, 4.69) is 11.2 Å². The summed E-state index contributed by atoms with van der Waals surface area (Å²) in [4.78, 5) is 0. The molecule has 0 aliphatic rings. The van der Waals surface area contributed by atoms with E-state index in [0.29, 0.717) is 10.0 Å². The van der Waals surface area contributed by atoms with Crippen molar-refractivity contribution in [2.24, 2.45) is 0 Å². The Bertz CT molecular complexity index is 342. The third-order valence-corrected chi connectivity index (χ3v) is 2.58. The SMILES string of the molecule is C#CCCCNc1cccc(Cl)c1Cl. The van der Waals surface area contributed by atoms with E-state index in [0.717, 1.165) is 25.1 Å². The van der Waals surface area contributed by atoms with Gasteiger partial charge in [0.15, 0.2) is 0 Å². The van der Waals surface area contributed by atoms with Gasteiger partial charge in [0.2, 0.25) is 0 Å². The van der Waals surface area contributed by atoms with Gasteiger partial charge < -0.3 is 5.32 Å². The molecule has 0 amide bonds. The van der Waals surface area contributed by atoms with Crippen molar-refractivity contribution in [3.05, 3.63) is 28.2 Å². The van der Waals surface area contributed by atoms with Crippen LogP contribution in [0.5, 0.6) is 0 Å². The molecule has 0 atom stereocenters. The van der Waals surface area contributed by atoms with E-state index in [1.807, 2.05) is 12.1 Å². The van der Waals surface area contributed by atoms with Crippen molar-refractivity contribution in [2.45, 2.75) is 12.8 Å². The van der Waals surface area contributed by atoms with Crippen molar-refractivity contribution in [3.8, 4) is 12.3 Å². The van der Waals surface area contributed by atoms with Crippen LogP contribution in [-0.4, -0.2) is 6.54 Å². The Labute approximate surface area is 94.4 Å². The molecule has 74 valence electrons. The maximum absolute atomic E-state index is 5.97. The Morgan fingerprint density at radius 2 is 2.14 bits per heavy atom. The number of benzene rings is 1. The first-order chi connectivity index (χ1) is 6.75. The Kier molecular flexibility index (Phi) is 4.65. The normalized spacial score (nSPS) is 9.50.